The molecular formula is C17H20ClN. The van der Waals surface area contributed by atoms with Crippen molar-refractivity contribution in [3.05, 3.63) is 69.7 Å². The van der Waals surface area contributed by atoms with Crippen molar-refractivity contribution >= 4 is 11.6 Å². The van der Waals surface area contributed by atoms with Gasteiger partial charge >= 0.3 is 0 Å². The van der Waals surface area contributed by atoms with E-state index in [1.54, 1.807) is 0 Å². The molecule has 1 nitrogen and oxygen atoms in total. The van der Waals surface area contributed by atoms with Crippen molar-refractivity contribution in [2.24, 2.45) is 0 Å². The zero-order valence-corrected chi connectivity index (χ0v) is 12.5. The first-order valence-electron chi connectivity index (χ1n) is 6.68. The van der Waals surface area contributed by atoms with Crippen molar-refractivity contribution in [2.75, 3.05) is 6.54 Å². The van der Waals surface area contributed by atoms with Crippen LogP contribution in [0.2, 0.25) is 5.02 Å². The van der Waals surface area contributed by atoms with E-state index in [4.69, 9.17) is 11.6 Å². The van der Waals surface area contributed by atoms with Gasteiger partial charge in [-0.25, -0.2) is 0 Å². The van der Waals surface area contributed by atoms with Crippen LogP contribution in [0.5, 0.6) is 0 Å². The minimum atomic E-state index is 0.224. The molecule has 0 spiro atoms. The van der Waals surface area contributed by atoms with Crippen LogP contribution in [0.4, 0.5) is 0 Å². The molecule has 0 bridgehead atoms. The van der Waals surface area contributed by atoms with Gasteiger partial charge in [0.15, 0.2) is 0 Å². The van der Waals surface area contributed by atoms with Crippen LogP contribution in [0.1, 0.15) is 35.2 Å². The monoisotopic (exact) mass is 273 g/mol. The minimum absolute atomic E-state index is 0.224. The number of rotatable bonds is 4. The molecular weight excluding hydrogens is 254 g/mol. The average Bonchev–Trinajstić information content (AvgIpc) is 2.41. The Morgan fingerprint density at radius 3 is 2.21 bits per heavy atom. The molecule has 0 heterocycles. The summed E-state index contributed by atoms with van der Waals surface area (Å²) >= 11 is 6.11. The second-order valence-corrected chi connectivity index (χ2v) is 5.32. The third-order valence-corrected chi connectivity index (χ3v) is 3.76. The summed E-state index contributed by atoms with van der Waals surface area (Å²) in [6.07, 6.45) is 0. The molecule has 0 aliphatic carbocycles. The summed E-state index contributed by atoms with van der Waals surface area (Å²) in [4.78, 5) is 0. The summed E-state index contributed by atoms with van der Waals surface area (Å²) in [5, 5.41) is 4.36. The van der Waals surface area contributed by atoms with Gasteiger partial charge in [-0.15, -0.1) is 0 Å². The summed E-state index contributed by atoms with van der Waals surface area (Å²) < 4.78 is 0. The molecule has 0 fully saturated rings. The molecule has 19 heavy (non-hydrogen) atoms. The van der Waals surface area contributed by atoms with Gasteiger partial charge in [-0.05, 0) is 43.1 Å². The first-order valence-corrected chi connectivity index (χ1v) is 7.05. The number of aryl methyl sites for hydroxylation is 2. The lowest BCUT2D eigenvalue weighted by Crippen LogP contribution is -2.22. The topological polar surface area (TPSA) is 12.0 Å². The fraction of sp³-hybridized carbons (Fsp3) is 0.294. The Hall–Kier alpha value is -1.31. The van der Waals surface area contributed by atoms with E-state index < -0.39 is 0 Å². The average molecular weight is 274 g/mol. The molecule has 2 aromatic rings. The van der Waals surface area contributed by atoms with Gasteiger partial charge in [-0.2, -0.15) is 0 Å². The van der Waals surface area contributed by atoms with Crippen molar-refractivity contribution in [3.8, 4) is 0 Å². The third kappa shape index (κ3) is 3.37. The van der Waals surface area contributed by atoms with Crippen LogP contribution in [0.25, 0.3) is 0 Å². The van der Waals surface area contributed by atoms with Crippen LogP contribution >= 0.6 is 11.6 Å². The Labute approximate surface area is 120 Å². The molecule has 0 aromatic heterocycles. The first-order chi connectivity index (χ1) is 9.11. The normalized spacial score (nSPS) is 12.4. The van der Waals surface area contributed by atoms with Crippen LogP contribution in [0.15, 0.2) is 42.5 Å². The van der Waals surface area contributed by atoms with Crippen molar-refractivity contribution < 1.29 is 0 Å². The molecule has 0 aliphatic heterocycles. The highest BCUT2D eigenvalue weighted by Crippen LogP contribution is 2.26. The van der Waals surface area contributed by atoms with E-state index in [9.17, 15) is 0 Å². The maximum Gasteiger partial charge on any atom is 0.0576 e. The minimum Gasteiger partial charge on any atom is -0.307 e. The van der Waals surface area contributed by atoms with E-state index >= 15 is 0 Å². The summed E-state index contributed by atoms with van der Waals surface area (Å²) in [5.74, 6) is 0. The van der Waals surface area contributed by atoms with Crippen LogP contribution < -0.4 is 5.32 Å². The van der Waals surface area contributed by atoms with Crippen LogP contribution in [-0.2, 0) is 0 Å². The second kappa shape index (κ2) is 6.23. The van der Waals surface area contributed by atoms with Gasteiger partial charge in [0.25, 0.3) is 0 Å². The van der Waals surface area contributed by atoms with E-state index in [0.29, 0.717) is 0 Å². The summed E-state index contributed by atoms with van der Waals surface area (Å²) in [6.45, 7) is 7.21. The SMILES string of the molecule is CCNC(c1ccc(C)cc1)c1ccc(Cl)c(C)c1. The number of hydrogen-bond acceptors (Lipinski definition) is 1. The van der Waals surface area contributed by atoms with Crippen molar-refractivity contribution in [1.82, 2.24) is 5.32 Å². The van der Waals surface area contributed by atoms with E-state index in [1.807, 2.05) is 13.0 Å². The Morgan fingerprint density at radius 1 is 1.00 bits per heavy atom. The number of benzene rings is 2. The molecule has 100 valence electrons. The molecule has 0 saturated heterocycles. The zero-order chi connectivity index (χ0) is 13.8. The fourth-order valence-corrected chi connectivity index (χ4v) is 2.36. The van der Waals surface area contributed by atoms with E-state index in [2.05, 4.69) is 55.6 Å². The largest absolute Gasteiger partial charge is 0.307 e. The van der Waals surface area contributed by atoms with Gasteiger partial charge in [0.1, 0.15) is 0 Å². The molecule has 2 rings (SSSR count). The summed E-state index contributed by atoms with van der Waals surface area (Å²) in [6, 6.07) is 15.1. The highest BCUT2D eigenvalue weighted by molar-refractivity contribution is 6.31. The van der Waals surface area contributed by atoms with E-state index in [0.717, 1.165) is 17.1 Å². The lowest BCUT2D eigenvalue weighted by atomic mass is 9.96. The highest BCUT2D eigenvalue weighted by atomic mass is 35.5. The van der Waals surface area contributed by atoms with Gasteiger partial charge in [-0.1, -0.05) is 60.5 Å². The van der Waals surface area contributed by atoms with Gasteiger partial charge in [0, 0.05) is 5.02 Å². The van der Waals surface area contributed by atoms with E-state index in [1.165, 1.54) is 16.7 Å². The smallest absolute Gasteiger partial charge is 0.0576 e. The molecule has 0 saturated carbocycles. The molecule has 2 heteroatoms. The molecule has 1 atom stereocenters. The first kappa shape index (κ1) is 14.1. The van der Waals surface area contributed by atoms with Crippen LogP contribution in [0, 0.1) is 13.8 Å². The predicted molar refractivity (Wildman–Crippen MR) is 82.9 cm³/mol. The van der Waals surface area contributed by atoms with Gasteiger partial charge in [-0.3, -0.25) is 0 Å². The highest BCUT2D eigenvalue weighted by Gasteiger charge is 2.13. The van der Waals surface area contributed by atoms with Crippen LogP contribution in [-0.4, -0.2) is 6.54 Å². The Kier molecular flexibility index (Phi) is 4.62. The molecule has 0 amide bonds. The molecule has 2 aromatic carbocycles. The Morgan fingerprint density at radius 2 is 1.63 bits per heavy atom. The zero-order valence-electron chi connectivity index (χ0n) is 11.7. The quantitative estimate of drug-likeness (QED) is 0.855. The molecule has 1 N–H and O–H groups in total. The maximum absolute atomic E-state index is 6.11. The number of hydrogen-bond donors (Lipinski definition) is 1. The Bertz CT molecular complexity index is 546. The third-order valence-electron chi connectivity index (χ3n) is 3.33. The predicted octanol–water partition coefficient (Wildman–Crippen LogP) is 4.66. The van der Waals surface area contributed by atoms with Gasteiger partial charge < -0.3 is 5.32 Å². The fourth-order valence-electron chi connectivity index (χ4n) is 2.24. The summed E-state index contributed by atoms with van der Waals surface area (Å²) in [5.41, 5.74) is 4.95. The lowest BCUT2D eigenvalue weighted by Gasteiger charge is -2.20. The van der Waals surface area contributed by atoms with Crippen molar-refractivity contribution in [2.45, 2.75) is 26.8 Å². The van der Waals surface area contributed by atoms with Gasteiger partial charge in [0.05, 0.1) is 6.04 Å². The van der Waals surface area contributed by atoms with Crippen molar-refractivity contribution in [3.63, 3.8) is 0 Å². The maximum atomic E-state index is 6.11. The lowest BCUT2D eigenvalue weighted by molar-refractivity contribution is 0.630. The van der Waals surface area contributed by atoms with Gasteiger partial charge in [0.2, 0.25) is 0 Å². The number of halogens is 1. The van der Waals surface area contributed by atoms with Crippen LogP contribution in [0.3, 0.4) is 0 Å². The summed E-state index contributed by atoms with van der Waals surface area (Å²) in [7, 11) is 0. The Balaban J connectivity index is 2.38. The standard InChI is InChI=1S/C17H20ClN/c1-4-19-17(14-7-5-12(2)6-8-14)15-9-10-16(18)13(3)11-15/h5-11,17,19H,4H2,1-3H3. The molecule has 1 unspecified atom stereocenters. The van der Waals surface area contributed by atoms with E-state index in [-0.39, 0.29) is 6.04 Å². The second-order valence-electron chi connectivity index (χ2n) is 4.91. The number of nitrogens with one attached hydrogen (secondary N) is 1. The van der Waals surface area contributed by atoms with Crippen molar-refractivity contribution in [1.29, 1.82) is 0 Å². The molecule has 0 aliphatic rings. The molecule has 0 radical (unpaired) electrons.